The lowest BCUT2D eigenvalue weighted by atomic mass is 10.2. The second-order valence-electron chi connectivity index (χ2n) is 7.47. The maximum absolute atomic E-state index is 6.49. The molecule has 0 bridgehead atoms. The fourth-order valence-electron chi connectivity index (χ4n) is 3.93. The summed E-state index contributed by atoms with van der Waals surface area (Å²) in [5.41, 5.74) is 6.27. The Bertz CT molecular complexity index is 1600. The molecular formula is C23H17ClN6OS. The Morgan fingerprint density at radius 3 is 2.66 bits per heavy atom. The van der Waals surface area contributed by atoms with E-state index in [1.165, 1.54) is 11.8 Å². The highest BCUT2D eigenvalue weighted by Crippen LogP contribution is 2.33. The first-order chi connectivity index (χ1) is 15.6. The van der Waals surface area contributed by atoms with E-state index in [-0.39, 0.29) is 0 Å². The highest BCUT2D eigenvalue weighted by atomic mass is 35.5. The third kappa shape index (κ3) is 2.98. The molecular weight excluding hydrogens is 444 g/mol. The van der Waals surface area contributed by atoms with Crippen molar-refractivity contribution in [3.05, 3.63) is 77.0 Å². The molecule has 4 heterocycles. The van der Waals surface area contributed by atoms with Gasteiger partial charge in [0, 0.05) is 5.69 Å². The van der Waals surface area contributed by atoms with Crippen LogP contribution in [0.2, 0.25) is 5.02 Å². The van der Waals surface area contributed by atoms with Crippen LogP contribution < -0.4 is 0 Å². The van der Waals surface area contributed by atoms with Crippen LogP contribution in [-0.2, 0) is 5.75 Å². The number of nitrogens with zero attached hydrogens (tertiary/aromatic N) is 6. The molecule has 0 radical (unpaired) electrons. The van der Waals surface area contributed by atoms with E-state index in [0.717, 1.165) is 44.7 Å². The molecule has 4 aromatic heterocycles. The molecule has 0 saturated heterocycles. The molecule has 9 heteroatoms. The Kier molecular flexibility index (Phi) is 4.44. The molecule has 6 aromatic rings. The topological polar surface area (TPSA) is 74.0 Å². The highest BCUT2D eigenvalue weighted by Gasteiger charge is 2.20. The monoisotopic (exact) mass is 460 g/mol. The van der Waals surface area contributed by atoms with Gasteiger partial charge in [-0.1, -0.05) is 47.6 Å². The molecule has 0 saturated carbocycles. The van der Waals surface area contributed by atoms with Gasteiger partial charge in [0.25, 0.3) is 5.22 Å². The second-order valence-corrected chi connectivity index (χ2v) is 8.81. The third-order valence-electron chi connectivity index (χ3n) is 5.57. The summed E-state index contributed by atoms with van der Waals surface area (Å²) in [6.45, 7) is 4.14. The Morgan fingerprint density at radius 2 is 1.81 bits per heavy atom. The van der Waals surface area contributed by atoms with Crippen molar-refractivity contribution in [1.29, 1.82) is 0 Å². The number of aryl methyl sites for hydroxylation is 1. The van der Waals surface area contributed by atoms with E-state index in [2.05, 4.69) is 28.5 Å². The van der Waals surface area contributed by atoms with E-state index in [1.54, 1.807) is 10.8 Å². The summed E-state index contributed by atoms with van der Waals surface area (Å²) in [7, 11) is 0. The fourth-order valence-corrected chi connectivity index (χ4v) is 4.84. The zero-order valence-electron chi connectivity index (χ0n) is 17.3. The summed E-state index contributed by atoms with van der Waals surface area (Å²) in [4.78, 5) is 14.0. The van der Waals surface area contributed by atoms with Crippen LogP contribution in [0.5, 0.6) is 0 Å². The van der Waals surface area contributed by atoms with E-state index < -0.39 is 0 Å². The van der Waals surface area contributed by atoms with Gasteiger partial charge >= 0.3 is 0 Å². The van der Waals surface area contributed by atoms with Crippen molar-refractivity contribution in [2.24, 2.45) is 0 Å². The van der Waals surface area contributed by atoms with Gasteiger partial charge in [-0.15, -0.1) is 5.10 Å². The Morgan fingerprint density at radius 1 is 1.00 bits per heavy atom. The van der Waals surface area contributed by atoms with Crippen LogP contribution in [0.1, 0.15) is 17.1 Å². The first kappa shape index (κ1) is 19.3. The third-order valence-corrected chi connectivity index (χ3v) is 6.71. The van der Waals surface area contributed by atoms with Gasteiger partial charge in [-0.05, 0) is 43.7 Å². The second kappa shape index (κ2) is 7.36. The first-order valence-corrected chi connectivity index (χ1v) is 11.4. The number of hydrogen-bond donors (Lipinski definition) is 0. The molecule has 0 aliphatic carbocycles. The van der Waals surface area contributed by atoms with Gasteiger partial charge < -0.3 is 4.42 Å². The molecule has 0 aliphatic rings. The summed E-state index contributed by atoms with van der Waals surface area (Å²) in [5.74, 6) is 1.23. The molecule has 158 valence electrons. The van der Waals surface area contributed by atoms with Gasteiger partial charge in [-0.3, -0.25) is 4.57 Å². The predicted octanol–water partition coefficient (Wildman–Crippen LogP) is 5.77. The van der Waals surface area contributed by atoms with Gasteiger partial charge in [0.15, 0.2) is 22.7 Å². The minimum Gasteiger partial charge on any atom is -0.431 e. The van der Waals surface area contributed by atoms with Crippen LogP contribution in [-0.4, -0.2) is 29.1 Å². The van der Waals surface area contributed by atoms with Crippen molar-refractivity contribution < 1.29 is 4.42 Å². The molecule has 0 amide bonds. The van der Waals surface area contributed by atoms with E-state index in [1.807, 2.05) is 48.5 Å². The minimum absolute atomic E-state index is 0.541. The van der Waals surface area contributed by atoms with Crippen molar-refractivity contribution in [2.45, 2.75) is 24.8 Å². The molecule has 0 atom stereocenters. The Labute approximate surface area is 192 Å². The molecule has 0 unspecified atom stereocenters. The Hall–Kier alpha value is -3.36. The number of hydrogen-bond acceptors (Lipinski definition) is 6. The highest BCUT2D eigenvalue weighted by molar-refractivity contribution is 7.98. The zero-order valence-corrected chi connectivity index (χ0v) is 18.9. The number of rotatable bonds is 4. The van der Waals surface area contributed by atoms with Crippen molar-refractivity contribution in [2.75, 3.05) is 0 Å². The quantitative estimate of drug-likeness (QED) is 0.311. The summed E-state index contributed by atoms with van der Waals surface area (Å²) < 4.78 is 9.60. The van der Waals surface area contributed by atoms with Gasteiger partial charge in [-0.2, -0.15) is 0 Å². The largest absolute Gasteiger partial charge is 0.431 e. The summed E-state index contributed by atoms with van der Waals surface area (Å²) in [6.07, 6.45) is 1.70. The Balaban J connectivity index is 1.41. The van der Waals surface area contributed by atoms with Crippen LogP contribution in [0.3, 0.4) is 0 Å². The smallest absolute Gasteiger partial charge is 0.257 e. The molecule has 6 rings (SSSR count). The number of thioether (sulfide) groups is 1. The van der Waals surface area contributed by atoms with E-state index >= 15 is 0 Å². The fraction of sp³-hybridized carbons (Fsp3) is 0.130. The number of aromatic nitrogens is 6. The van der Waals surface area contributed by atoms with Gasteiger partial charge in [-0.25, -0.2) is 19.5 Å². The number of fused-ring (bicyclic) bond motifs is 4. The lowest BCUT2D eigenvalue weighted by molar-refractivity contribution is 0.489. The number of para-hydroxylation sites is 3. The van der Waals surface area contributed by atoms with Gasteiger partial charge in [0.05, 0.1) is 21.8 Å². The number of oxazole rings is 1. The van der Waals surface area contributed by atoms with Crippen LogP contribution in [0.15, 0.2) is 64.5 Å². The normalized spacial score (nSPS) is 11.8. The summed E-state index contributed by atoms with van der Waals surface area (Å²) in [6, 6.07) is 15.5. The van der Waals surface area contributed by atoms with Crippen LogP contribution in [0.25, 0.3) is 33.5 Å². The average molecular weight is 461 g/mol. The molecule has 0 fully saturated rings. The van der Waals surface area contributed by atoms with Crippen LogP contribution >= 0.6 is 23.4 Å². The average Bonchev–Trinajstić information content (AvgIpc) is 3.47. The zero-order chi connectivity index (χ0) is 21.8. The number of benzene rings is 2. The van der Waals surface area contributed by atoms with Crippen molar-refractivity contribution in [3.63, 3.8) is 0 Å². The molecule has 0 N–H and O–H groups in total. The van der Waals surface area contributed by atoms with Gasteiger partial charge in [0.2, 0.25) is 0 Å². The SMILES string of the molecule is Cc1c(C)n(-c2ccccc2Cl)c2ncn3nc(CSc4nc5ccccc5o4)nc3c12. The maximum atomic E-state index is 6.49. The van der Waals surface area contributed by atoms with E-state index in [9.17, 15) is 0 Å². The first-order valence-electron chi connectivity index (χ1n) is 10.1. The number of halogens is 1. The minimum atomic E-state index is 0.541. The lowest BCUT2D eigenvalue weighted by Crippen LogP contribution is -2.00. The van der Waals surface area contributed by atoms with Gasteiger partial charge in [0.1, 0.15) is 11.8 Å². The summed E-state index contributed by atoms with van der Waals surface area (Å²) >= 11 is 7.96. The van der Waals surface area contributed by atoms with Crippen molar-refractivity contribution in [1.82, 2.24) is 29.1 Å². The predicted molar refractivity (Wildman–Crippen MR) is 126 cm³/mol. The van der Waals surface area contributed by atoms with Crippen LogP contribution in [0, 0.1) is 13.8 Å². The van der Waals surface area contributed by atoms with Crippen molar-refractivity contribution in [3.8, 4) is 5.69 Å². The lowest BCUT2D eigenvalue weighted by Gasteiger charge is -2.09. The van der Waals surface area contributed by atoms with E-state index in [0.29, 0.717) is 21.8 Å². The molecule has 32 heavy (non-hydrogen) atoms. The summed E-state index contributed by atoms with van der Waals surface area (Å²) in [5, 5.41) is 6.86. The molecule has 2 aromatic carbocycles. The van der Waals surface area contributed by atoms with E-state index in [4.69, 9.17) is 26.0 Å². The molecule has 7 nitrogen and oxygen atoms in total. The molecule has 0 aliphatic heterocycles. The van der Waals surface area contributed by atoms with Crippen molar-refractivity contribution >= 4 is 51.1 Å². The van der Waals surface area contributed by atoms with Crippen LogP contribution in [0.4, 0.5) is 0 Å². The maximum Gasteiger partial charge on any atom is 0.257 e. The molecule has 0 spiro atoms. The standard InChI is InChI=1S/C23H17ClN6OS/c1-13-14(2)30(17-9-5-3-7-15(17)24)21-20(13)22-27-19(28-29(22)12-25-21)11-32-23-26-16-8-4-6-10-18(16)31-23/h3-10,12H,11H2,1-2H3.